The lowest BCUT2D eigenvalue weighted by Gasteiger charge is -2.36. The van der Waals surface area contributed by atoms with Crippen molar-refractivity contribution in [1.29, 1.82) is 0 Å². The second kappa shape index (κ2) is 6.88. The molecule has 2 fully saturated rings. The summed E-state index contributed by atoms with van der Waals surface area (Å²) in [6.07, 6.45) is 7.60. The van der Waals surface area contributed by atoms with Gasteiger partial charge in [-0.25, -0.2) is 0 Å². The molecule has 1 amide bonds. The number of carbonyl (C=O) groups excluding carboxylic acids is 1. The highest BCUT2D eigenvalue weighted by molar-refractivity contribution is 5.97. The maximum Gasteiger partial charge on any atom is 0.252 e. The zero-order valence-electron chi connectivity index (χ0n) is 14.4. The molecule has 0 spiro atoms. The van der Waals surface area contributed by atoms with Gasteiger partial charge in [0.15, 0.2) is 0 Å². The predicted molar refractivity (Wildman–Crippen MR) is 98.8 cm³/mol. The molecular formula is C19H25N5O. The topological polar surface area (TPSA) is 62.2 Å². The molecular weight excluding hydrogens is 314 g/mol. The minimum Gasteiger partial charge on any atom is -0.371 e. The second-order valence-electron chi connectivity index (χ2n) is 6.93. The number of piperidine rings is 1. The Labute approximate surface area is 148 Å². The lowest BCUT2D eigenvalue weighted by Crippen LogP contribution is -2.52. The maximum absolute atomic E-state index is 13.2. The van der Waals surface area contributed by atoms with Crippen LogP contribution in [0.15, 0.2) is 42.7 Å². The molecule has 4 rings (SSSR count). The molecule has 2 N–H and O–H groups in total. The van der Waals surface area contributed by atoms with Crippen LogP contribution < -0.4 is 15.5 Å². The maximum atomic E-state index is 13.2. The molecule has 6 nitrogen and oxygen atoms in total. The highest BCUT2D eigenvalue weighted by atomic mass is 16.2. The van der Waals surface area contributed by atoms with Crippen molar-refractivity contribution in [3.05, 3.63) is 42.7 Å². The van der Waals surface area contributed by atoms with E-state index < -0.39 is 5.54 Å². The fourth-order valence-electron chi connectivity index (χ4n) is 3.93. The van der Waals surface area contributed by atoms with Crippen LogP contribution in [-0.4, -0.2) is 41.9 Å². The standard InChI is InChI=1S/C19H25N5O/c25-18(19(7-10-20-11-8-19)24-14-4-9-21-24)22-16-5-3-6-17(15-16)23-12-1-2-13-23/h3-6,9,14-15,20H,1-2,7-8,10-13H2,(H,22,25). The second-order valence-corrected chi connectivity index (χ2v) is 6.93. The molecule has 1 aromatic carbocycles. The van der Waals surface area contributed by atoms with E-state index >= 15 is 0 Å². The Hall–Kier alpha value is -2.34. The van der Waals surface area contributed by atoms with Gasteiger partial charge in [-0.2, -0.15) is 5.10 Å². The largest absolute Gasteiger partial charge is 0.371 e. The van der Waals surface area contributed by atoms with Gasteiger partial charge in [-0.3, -0.25) is 9.48 Å². The van der Waals surface area contributed by atoms with Crippen LogP contribution >= 0.6 is 0 Å². The third-order valence-electron chi connectivity index (χ3n) is 5.37. The van der Waals surface area contributed by atoms with Crippen molar-refractivity contribution in [3.8, 4) is 0 Å². The van der Waals surface area contributed by atoms with E-state index in [9.17, 15) is 4.79 Å². The van der Waals surface area contributed by atoms with Gasteiger partial charge in [0.25, 0.3) is 5.91 Å². The Kier molecular flexibility index (Phi) is 4.44. The van der Waals surface area contributed by atoms with Crippen LogP contribution in [0.2, 0.25) is 0 Å². The first-order valence-electron chi connectivity index (χ1n) is 9.15. The lowest BCUT2D eigenvalue weighted by atomic mass is 9.87. The summed E-state index contributed by atoms with van der Waals surface area (Å²) in [5.74, 6) is 0.0243. The fourth-order valence-corrected chi connectivity index (χ4v) is 3.93. The molecule has 3 heterocycles. The molecule has 2 saturated heterocycles. The van der Waals surface area contributed by atoms with Gasteiger partial charge < -0.3 is 15.5 Å². The molecule has 0 unspecified atom stereocenters. The van der Waals surface area contributed by atoms with E-state index in [4.69, 9.17) is 0 Å². The molecule has 0 aliphatic carbocycles. The van der Waals surface area contributed by atoms with Crippen LogP contribution in [0.25, 0.3) is 0 Å². The highest BCUT2D eigenvalue weighted by Crippen LogP contribution is 2.30. The van der Waals surface area contributed by atoms with Crippen LogP contribution in [0.4, 0.5) is 11.4 Å². The van der Waals surface area contributed by atoms with Crippen LogP contribution in [-0.2, 0) is 10.3 Å². The Balaban J connectivity index is 1.56. The van der Waals surface area contributed by atoms with Gasteiger partial charge >= 0.3 is 0 Å². The van der Waals surface area contributed by atoms with Crippen LogP contribution in [0.5, 0.6) is 0 Å². The van der Waals surface area contributed by atoms with E-state index in [1.807, 2.05) is 29.1 Å². The average Bonchev–Trinajstić information content (AvgIpc) is 3.36. The number of hydrogen-bond donors (Lipinski definition) is 2. The summed E-state index contributed by atoms with van der Waals surface area (Å²) in [6.45, 7) is 3.84. The Morgan fingerprint density at radius 3 is 2.68 bits per heavy atom. The van der Waals surface area contributed by atoms with Gasteiger partial charge in [-0.15, -0.1) is 0 Å². The van der Waals surface area contributed by atoms with Gasteiger partial charge in [0.1, 0.15) is 5.54 Å². The van der Waals surface area contributed by atoms with Gasteiger partial charge in [0.05, 0.1) is 0 Å². The monoisotopic (exact) mass is 339 g/mol. The van der Waals surface area contributed by atoms with E-state index in [-0.39, 0.29) is 5.91 Å². The van der Waals surface area contributed by atoms with Crippen molar-refractivity contribution in [2.75, 3.05) is 36.4 Å². The Bertz CT molecular complexity index is 715. The SMILES string of the molecule is O=C(Nc1cccc(N2CCCC2)c1)C1(n2cccn2)CCNCC1. The minimum absolute atomic E-state index is 0.0243. The number of carbonyl (C=O) groups is 1. The summed E-state index contributed by atoms with van der Waals surface area (Å²) in [5.41, 5.74) is 1.44. The number of nitrogens with zero attached hydrogens (tertiary/aromatic N) is 3. The van der Waals surface area contributed by atoms with Gasteiger partial charge in [0.2, 0.25) is 0 Å². The van der Waals surface area contributed by atoms with Crippen molar-refractivity contribution in [2.24, 2.45) is 0 Å². The number of benzene rings is 1. The zero-order valence-corrected chi connectivity index (χ0v) is 14.4. The molecule has 0 radical (unpaired) electrons. The van der Waals surface area contributed by atoms with Crippen LogP contribution in [0.1, 0.15) is 25.7 Å². The first-order valence-corrected chi connectivity index (χ1v) is 9.15. The molecule has 132 valence electrons. The summed E-state index contributed by atoms with van der Waals surface area (Å²) in [4.78, 5) is 15.6. The normalized spacial score (nSPS) is 19.8. The van der Waals surface area contributed by atoms with E-state index in [1.54, 1.807) is 6.20 Å². The molecule has 0 atom stereocenters. The number of rotatable bonds is 4. The quantitative estimate of drug-likeness (QED) is 0.896. The summed E-state index contributed by atoms with van der Waals surface area (Å²) in [5, 5.41) is 10.9. The molecule has 25 heavy (non-hydrogen) atoms. The number of nitrogens with one attached hydrogen (secondary N) is 2. The number of amides is 1. The van der Waals surface area contributed by atoms with E-state index in [0.29, 0.717) is 0 Å². The molecule has 2 aromatic rings. The summed E-state index contributed by atoms with van der Waals surface area (Å²) >= 11 is 0. The molecule has 1 aromatic heterocycles. The Morgan fingerprint density at radius 1 is 1.16 bits per heavy atom. The van der Waals surface area contributed by atoms with Crippen molar-refractivity contribution in [1.82, 2.24) is 15.1 Å². The number of aromatic nitrogens is 2. The fraction of sp³-hybridized carbons (Fsp3) is 0.474. The van der Waals surface area contributed by atoms with Gasteiger partial charge in [0, 0.05) is 36.9 Å². The summed E-state index contributed by atoms with van der Waals surface area (Å²) < 4.78 is 1.83. The smallest absolute Gasteiger partial charge is 0.252 e. The van der Waals surface area contributed by atoms with Crippen molar-refractivity contribution in [2.45, 2.75) is 31.2 Å². The third-order valence-corrected chi connectivity index (χ3v) is 5.37. The molecule has 0 bridgehead atoms. The number of anilines is 2. The molecule has 2 aliphatic rings. The first-order chi connectivity index (χ1) is 12.3. The van der Waals surface area contributed by atoms with Crippen molar-refractivity contribution in [3.63, 3.8) is 0 Å². The lowest BCUT2D eigenvalue weighted by molar-refractivity contribution is -0.126. The number of hydrogen-bond acceptors (Lipinski definition) is 4. The zero-order chi connectivity index (χ0) is 17.1. The predicted octanol–water partition coefficient (Wildman–Crippen LogP) is 2.20. The molecule has 2 aliphatic heterocycles. The summed E-state index contributed by atoms with van der Waals surface area (Å²) in [6, 6.07) is 10.1. The third kappa shape index (κ3) is 3.14. The minimum atomic E-state index is -0.613. The Morgan fingerprint density at radius 2 is 1.96 bits per heavy atom. The van der Waals surface area contributed by atoms with E-state index in [0.717, 1.165) is 44.7 Å². The van der Waals surface area contributed by atoms with Crippen LogP contribution in [0.3, 0.4) is 0 Å². The average molecular weight is 339 g/mol. The van der Waals surface area contributed by atoms with Crippen molar-refractivity contribution < 1.29 is 4.79 Å². The molecule has 6 heteroatoms. The van der Waals surface area contributed by atoms with E-state index in [1.165, 1.54) is 18.5 Å². The van der Waals surface area contributed by atoms with E-state index in [2.05, 4.69) is 32.8 Å². The van der Waals surface area contributed by atoms with Gasteiger partial charge in [-0.05, 0) is 63.0 Å². The van der Waals surface area contributed by atoms with Crippen LogP contribution in [0, 0.1) is 0 Å². The summed E-state index contributed by atoms with van der Waals surface area (Å²) in [7, 11) is 0. The molecule has 0 saturated carbocycles. The highest BCUT2D eigenvalue weighted by Gasteiger charge is 2.42. The first kappa shape index (κ1) is 16.1. The van der Waals surface area contributed by atoms with Gasteiger partial charge in [-0.1, -0.05) is 6.07 Å². The van der Waals surface area contributed by atoms with Crippen molar-refractivity contribution >= 4 is 17.3 Å².